The van der Waals surface area contributed by atoms with Gasteiger partial charge >= 0.3 is 6.18 Å². The fourth-order valence-corrected chi connectivity index (χ4v) is 2.60. The lowest BCUT2D eigenvalue weighted by Gasteiger charge is -2.18. The normalized spacial score (nSPS) is 11.1. The summed E-state index contributed by atoms with van der Waals surface area (Å²) in [6, 6.07) is 12.4. The van der Waals surface area contributed by atoms with Gasteiger partial charge < -0.3 is 10.2 Å². The highest BCUT2D eigenvalue weighted by Gasteiger charge is 2.33. The summed E-state index contributed by atoms with van der Waals surface area (Å²) in [7, 11) is 1.65. The predicted molar refractivity (Wildman–Crippen MR) is 100.0 cm³/mol. The second-order valence-corrected chi connectivity index (χ2v) is 6.02. The fraction of sp³-hybridized carbons (Fsp3) is 0.150. The van der Waals surface area contributed by atoms with Crippen LogP contribution in [0.5, 0.6) is 0 Å². The Morgan fingerprint density at radius 1 is 1.04 bits per heavy atom. The largest absolute Gasteiger partial charge is 0.419 e. The van der Waals surface area contributed by atoms with Crippen molar-refractivity contribution in [2.24, 2.45) is 0 Å². The average Bonchev–Trinajstić information content (AvgIpc) is 2.72. The number of alkyl halides is 3. The van der Waals surface area contributed by atoms with E-state index in [2.05, 4.69) is 15.3 Å². The number of pyridine rings is 2. The van der Waals surface area contributed by atoms with Crippen molar-refractivity contribution < 1.29 is 18.0 Å². The van der Waals surface area contributed by atoms with E-state index in [1.54, 1.807) is 55.8 Å². The van der Waals surface area contributed by atoms with Crippen molar-refractivity contribution in [3.05, 3.63) is 83.8 Å². The number of rotatable bonds is 5. The molecule has 3 rings (SSSR count). The molecule has 28 heavy (non-hydrogen) atoms. The van der Waals surface area contributed by atoms with E-state index in [1.807, 2.05) is 0 Å². The van der Waals surface area contributed by atoms with E-state index >= 15 is 0 Å². The van der Waals surface area contributed by atoms with Crippen LogP contribution < -0.4 is 10.2 Å². The van der Waals surface area contributed by atoms with E-state index in [4.69, 9.17) is 0 Å². The smallest absolute Gasteiger partial charge is 0.365 e. The lowest BCUT2D eigenvalue weighted by atomic mass is 10.1. The molecule has 0 aliphatic rings. The Kier molecular flexibility index (Phi) is 5.58. The third kappa shape index (κ3) is 4.46. The van der Waals surface area contributed by atoms with E-state index < -0.39 is 11.7 Å². The van der Waals surface area contributed by atoms with Crippen molar-refractivity contribution >= 4 is 17.4 Å². The predicted octanol–water partition coefficient (Wildman–Crippen LogP) is 4.38. The first kappa shape index (κ1) is 19.3. The average molecular weight is 386 g/mol. The Labute approximate surface area is 159 Å². The molecule has 2 aromatic heterocycles. The number of nitrogens with one attached hydrogen (secondary N) is 1. The molecule has 0 unspecified atom stereocenters. The molecular formula is C20H17F3N4O. The van der Waals surface area contributed by atoms with Crippen LogP contribution in [-0.4, -0.2) is 22.9 Å². The van der Waals surface area contributed by atoms with Crippen molar-refractivity contribution in [1.29, 1.82) is 0 Å². The lowest BCUT2D eigenvalue weighted by molar-refractivity contribution is -0.137. The second-order valence-electron chi connectivity index (χ2n) is 6.02. The van der Waals surface area contributed by atoms with Gasteiger partial charge in [0.25, 0.3) is 5.91 Å². The van der Waals surface area contributed by atoms with Crippen LogP contribution in [0.4, 0.5) is 24.7 Å². The number of halogens is 3. The summed E-state index contributed by atoms with van der Waals surface area (Å²) < 4.78 is 39.0. The molecule has 5 nitrogen and oxygen atoms in total. The number of carbonyl (C=O) groups excluding carboxylic acids is 1. The molecule has 1 amide bonds. The molecule has 0 fully saturated rings. The minimum absolute atomic E-state index is 0.169. The molecule has 0 spiro atoms. The molecule has 144 valence electrons. The van der Waals surface area contributed by atoms with Crippen LogP contribution in [0.2, 0.25) is 0 Å². The minimum atomic E-state index is -4.48. The van der Waals surface area contributed by atoms with Gasteiger partial charge in [0.1, 0.15) is 5.82 Å². The lowest BCUT2D eigenvalue weighted by Crippen LogP contribution is -2.26. The van der Waals surface area contributed by atoms with Crippen LogP contribution in [-0.2, 0) is 12.7 Å². The zero-order valence-electron chi connectivity index (χ0n) is 14.9. The Hall–Kier alpha value is -3.42. The zero-order valence-corrected chi connectivity index (χ0v) is 14.9. The van der Waals surface area contributed by atoms with Gasteiger partial charge in [-0.05, 0) is 42.0 Å². The topological polar surface area (TPSA) is 58.1 Å². The van der Waals surface area contributed by atoms with Gasteiger partial charge in [-0.25, -0.2) is 4.98 Å². The van der Waals surface area contributed by atoms with Crippen molar-refractivity contribution in [2.45, 2.75) is 12.7 Å². The van der Waals surface area contributed by atoms with Crippen molar-refractivity contribution in [3.8, 4) is 0 Å². The van der Waals surface area contributed by atoms with Gasteiger partial charge in [-0.15, -0.1) is 0 Å². The molecule has 0 aliphatic carbocycles. The van der Waals surface area contributed by atoms with Crippen LogP contribution in [0.1, 0.15) is 21.5 Å². The van der Waals surface area contributed by atoms with Gasteiger partial charge in [-0.3, -0.25) is 9.78 Å². The highest BCUT2D eigenvalue weighted by atomic mass is 19.4. The highest BCUT2D eigenvalue weighted by Crippen LogP contribution is 2.33. The maximum Gasteiger partial charge on any atom is 0.419 e. The molecule has 8 heteroatoms. The monoisotopic (exact) mass is 386 g/mol. The van der Waals surface area contributed by atoms with Crippen molar-refractivity contribution in [3.63, 3.8) is 0 Å². The molecule has 3 aromatic rings. The van der Waals surface area contributed by atoms with E-state index in [9.17, 15) is 18.0 Å². The molecular weight excluding hydrogens is 369 g/mol. The van der Waals surface area contributed by atoms with E-state index in [0.717, 1.165) is 11.6 Å². The van der Waals surface area contributed by atoms with Crippen LogP contribution in [0.15, 0.2) is 67.1 Å². The summed E-state index contributed by atoms with van der Waals surface area (Å²) in [6.07, 6.45) is -0.0812. The summed E-state index contributed by atoms with van der Waals surface area (Å²) in [5.41, 5.74) is 1.12. The van der Waals surface area contributed by atoms with Crippen LogP contribution in [0.25, 0.3) is 0 Å². The molecule has 0 aliphatic heterocycles. The van der Waals surface area contributed by atoms with Gasteiger partial charge in [0.05, 0.1) is 5.56 Å². The molecule has 0 atom stereocenters. The maximum atomic E-state index is 13.0. The Balaban J connectivity index is 1.68. The Bertz CT molecular complexity index is 944. The molecule has 0 radical (unpaired) electrons. The van der Waals surface area contributed by atoms with Gasteiger partial charge in [0.15, 0.2) is 0 Å². The van der Waals surface area contributed by atoms with Crippen LogP contribution >= 0.6 is 0 Å². The first-order valence-electron chi connectivity index (χ1n) is 8.39. The summed E-state index contributed by atoms with van der Waals surface area (Å²) in [5.74, 6) is -0.402. The number of carbonyl (C=O) groups is 1. The number of hydrogen-bond donors (Lipinski definition) is 1. The molecule has 0 saturated heterocycles. The van der Waals surface area contributed by atoms with E-state index in [0.29, 0.717) is 11.3 Å². The molecule has 1 N–H and O–H groups in total. The Morgan fingerprint density at radius 2 is 1.71 bits per heavy atom. The quantitative estimate of drug-likeness (QED) is 0.707. The van der Waals surface area contributed by atoms with Crippen LogP contribution in [0.3, 0.4) is 0 Å². The van der Waals surface area contributed by atoms with Crippen molar-refractivity contribution in [1.82, 2.24) is 9.97 Å². The van der Waals surface area contributed by atoms with E-state index in [-0.39, 0.29) is 18.3 Å². The summed E-state index contributed by atoms with van der Waals surface area (Å²) in [5, 5.41) is 2.71. The number of benzene rings is 1. The summed E-state index contributed by atoms with van der Waals surface area (Å²) in [4.78, 5) is 21.6. The number of aromatic nitrogens is 2. The maximum absolute atomic E-state index is 13.0. The third-order valence-corrected chi connectivity index (χ3v) is 4.13. The highest BCUT2D eigenvalue weighted by molar-refractivity contribution is 6.05. The van der Waals surface area contributed by atoms with Gasteiger partial charge in [0, 0.05) is 43.4 Å². The molecule has 0 bridgehead atoms. The van der Waals surface area contributed by atoms with Gasteiger partial charge in [0.2, 0.25) is 0 Å². The summed E-state index contributed by atoms with van der Waals surface area (Å²) >= 11 is 0. The van der Waals surface area contributed by atoms with E-state index in [1.165, 1.54) is 17.2 Å². The fourth-order valence-electron chi connectivity index (χ4n) is 2.60. The van der Waals surface area contributed by atoms with Gasteiger partial charge in [-0.2, -0.15) is 13.2 Å². The number of amides is 1. The third-order valence-electron chi connectivity index (χ3n) is 4.13. The first-order chi connectivity index (χ1) is 13.4. The second kappa shape index (κ2) is 8.08. The first-order valence-corrected chi connectivity index (χ1v) is 8.39. The minimum Gasteiger partial charge on any atom is -0.365 e. The van der Waals surface area contributed by atoms with Gasteiger partial charge in [-0.1, -0.05) is 12.1 Å². The molecule has 1 aromatic carbocycles. The number of anilines is 2. The number of hydrogen-bond acceptors (Lipinski definition) is 4. The SMILES string of the molecule is CN(C(=O)c1ccncc1)c1ccc(CNc2ncccc2C(F)(F)F)cc1. The summed E-state index contributed by atoms with van der Waals surface area (Å²) in [6.45, 7) is 0.169. The number of nitrogens with zero attached hydrogens (tertiary/aromatic N) is 3. The molecule has 0 saturated carbocycles. The zero-order chi connectivity index (χ0) is 20.1. The standard InChI is InChI=1S/C20H17F3N4O/c1-27(19(28)15-8-11-24-12-9-15)16-6-4-14(5-7-16)13-26-18-17(20(21,22)23)3-2-10-25-18/h2-12H,13H2,1H3,(H,25,26). The molecule has 2 heterocycles. The van der Waals surface area contributed by atoms with Crippen molar-refractivity contribution in [2.75, 3.05) is 17.3 Å². The van der Waals surface area contributed by atoms with Crippen LogP contribution in [0, 0.1) is 0 Å². The Morgan fingerprint density at radius 3 is 2.36 bits per heavy atom.